The Morgan fingerprint density at radius 1 is 1.17 bits per heavy atom. The Bertz CT molecular complexity index is 888. The molecule has 0 spiro atoms. The van der Waals surface area contributed by atoms with Crippen LogP contribution in [0.15, 0.2) is 42.9 Å². The highest BCUT2D eigenvalue weighted by Crippen LogP contribution is 2.31. The van der Waals surface area contributed by atoms with E-state index in [1.165, 1.54) is 0 Å². The molecule has 122 valence electrons. The molecule has 6 heteroatoms. The Morgan fingerprint density at radius 3 is 2.79 bits per heavy atom. The number of aromatic nitrogens is 4. The van der Waals surface area contributed by atoms with Crippen LogP contribution in [0, 0.1) is 0 Å². The summed E-state index contributed by atoms with van der Waals surface area (Å²) in [5, 5.41) is 4.25. The third-order valence-corrected chi connectivity index (χ3v) is 4.54. The van der Waals surface area contributed by atoms with Gasteiger partial charge in [0.15, 0.2) is 0 Å². The number of amides is 1. The maximum Gasteiger partial charge on any atom is 0.274 e. The van der Waals surface area contributed by atoms with E-state index in [0.29, 0.717) is 5.69 Å². The summed E-state index contributed by atoms with van der Waals surface area (Å²) in [5.41, 5.74) is 3.04. The molecule has 4 rings (SSSR count). The van der Waals surface area contributed by atoms with Gasteiger partial charge in [-0.15, -0.1) is 0 Å². The molecule has 1 amide bonds. The van der Waals surface area contributed by atoms with Gasteiger partial charge in [-0.3, -0.25) is 14.5 Å². The van der Waals surface area contributed by atoms with Crippen molar-refractivity contribution in [2.75, 3.05) is 6.54 Å². The van der Waals surface area contributed by atoms with Crippen LogP contribution in [0.5, 0.6) is 0 Å². The van der Waals surface area contributed by atoms with Gasteiger partial charge in [-0.1, -0.05) is 12.1 Å². The summed E-state index contributed by atoms with van der Waals surface area (Å²) in [4.78, 5) is 23.8. The van der Waals surface area contributed by atoms with Crippen molar-refractivity contribution < 1.29 is 4.79 Å². The standard InChI is InChI=1S/C18H19N5O/c1-22-12-13(10-20-22)17-8-4-5-9-23(17)18(24)16-11-19-14-6-2-3-7-15(14)21-16/h2-3,6-7,10-12,17H,4-5,8-9H2,1H3/t17-/m0/s1. The third-order valence-electron chi connectivity index (χ3n) is 4.54. The summed E-state index contributed by atoms with van der Waals surface area (Å²) in [6, 6.07) is 7.67. The fraction of sp³-hybridized carbons (Fsp3) is 0.333. The lowest BCUT2D eigenvalue weighted by atomic mass is 9.97. The van der Waals surface area contributed by atoms with Gasteiger partial charge >= 0.3 is 0 Å². The van der Waals surface area contributed by atoms with Crippen molar-refractivity contribution in [3.63, 3.8) is 0 Å². The molecule has 1 saturated heterocycles. The van der Waals surface area contributed by atoms with Crippen LogP contribution in [-0.2, 0) is 7.05 Å². The molecule has 1 atom stereocenters. The van der Waals surface area contributed by atoms with E-state index >= 15 is 0 Å². The monoisotopic (exact) mass is 321 g/mol. The number of rotatable bonds is 2. The quantitative estimate of drug-likeness (QED) is 0.728. The van der Waals surface area contributed by atoms with Crippen LogP contribution in [0.3, 0.4) is 0 Å². The zero-order chi connectivity index (χ0) is 16.5. The van der Waals surface area contributed by atoms with Crippen molar-refractivity contribution in [3.8, 4) is 0 Å². The number of likely N-dealkylation sites (tertiary alicyclic amines) is 1. The van der Waals surface area contributed by atoms with Crippen LogP contribution in [0.25, 0.3) is 11.0 Å². The van der Waals surface area contributed by atoms with E-state index in [9.17, 15) is 4.79 Å². The number of hydrogen-bond donors (Lipinski definition) is 0. The predicted molar refractivity (Wildman–Crippen MR) is 90.4 cm³/mol. The molecule has 0 aliphatic carbocycles. The second-order valence-corrected chi connectivity index (χ2v) is 6.20. The average molecular weight is 321 g/mol. The van der Waals surface area contributed by atoms with Crippen LogP contribution in [0.2, 0.25) is 0 Å². The Hall–Kier alpha value is -2.76. The molecule has 3 aromatic rings. The molecule has 1 aliphatic heterocycles. The van der Waals surface area contributed by atoms with Crippen molar-refractivity contribution in [3.05, 3.63) is 54.1 Å². The number of piperidine rings is 1. The van der Waals surface area contributed by atoms with Crippen molar-refractivity contribution in [1.29, 1.82) is 0 Å². The van der Waals surface area contributed by atoms with E-state index in [1.54, 1.807) is 10.9 Å². The molecule has 2 aromatic heterocycles. The summed E-state index contributed by atoms with van der Waals surface area (Å²) in [7, 11) is 1.90. The van der Waals surface area contributed by atoms with Crippen LogP contribution in [0.1, 0.15) is 41.4 Å². The third kappa shape index (κ3) is 2.64. The van der Waals surface area contributed by atoms with E-state index in [-0.39, 0.29) is 11.9 Å². The highest BCUT2D eigenvalue weighted by atomic mass is 16.2. The van der Waals surface area contributed by atoms with Crippen LogP contribution >= 0.6 is 0 Å². The highest BCUT2D eigenvalue weighted by Gasteiger charge is 2.30. The van der Waals surface area contributed by atoms with Gasteiger partial charge in [-0.25, -0.2) is 4.98 Å². The number of fused-ring (bicyclic) bond motifs is 1. The van der Waals surface area contributed by atoms with Gasteiger partial charge in [-0.2, -0.15) is 5.10 Å². The second kappa shape index (κ2) is 6.03. The number of carbonyl (C=O) groups is 1. The summed E-state index contributed by atoms with van der Waals surface area (Å²) < 4.78 is 1.78. The molecule has 0 radical (unpaired) electrons. The summed E-state index contributed by atoms with van der Waals surface area (Å²) in [6.45, 7) is 0.743. The topological polar surface area (TPSA) is 63.9 Å². The molecule has 1 aromatic carbocycles. The lowest BCUT2D eigenvalue weighted by Gasteiger charge is -2.35. The van der Waals surface area contributed by atoms with Gasteiger partial charge in [0.05, 0.1) is 29.5 Å². The molecule has 1 fully saturated rings. The van der Waals surface area contributed by atoms with Gasteiger partial charge < -0.3 is 4.90 Å². The Morgan fingerprint density at radius 2 is 2.00 bits per heavy atom. The minimum absolute atomic E-state index is 0.0539. The largest absolute Gasteiger partial charge is 0.330 e. The minimum atomic E-state index is -0.0539. The van der Waals surface area contributed by atoms with E-state index in [1.807, 2.05) is 48.6 Å². The molecule has 0 unspecified atom stereocenters. The van der Waals surface area contributed by atoms with E-state index in [2.05, 4.69) is 15.1 Å². The van der Waals surface area contributed by atoms with Crippen LogP contribution < -0.4 is 0 Å². The zero-order valence-corrected chi connectivity index (χ0v) is 13.6. The molecule has 0 saturated carbocycles. The van der Waals surface area contributed by atoms with Gasteiger partial charge in [-0.05, 0) is 31.4 Å². The fourth-order valence-corrected chi connectivity index (χ4v) is 3.34. The van der Waals surface area contributed by atoms with E-state index in [0.717, 1.165) is 42.4 Å². The number of carbonyl (C=O) groups excluding carboxylic acids is 1. The summed E-state index contributed by atoms with van der Waals surface area (Å²) >= 11 is 0. The maximum atomic E-state index is 13.0. The number of aryl methyl sites for hydroxylation is 1. The van der Waals surface area contributed by atoms with E-state index in [4.69, 9.17) is 0 Å². The molecule has 6 nitrogen and oxygen atoms in total. The number of nitrogens with zero attached hydrogens (tertiary/aromatic N) is 5. The molecule has 3 heterocycles. The number of para-hydroxylation sites is 2. The Kier molecular flexibility index (Phi) is 3.72. The first-order valence-corrected chi connectivity index (χ1v) is 8.24. The molecular formula is C18H19N5O. The van der Waals surface area contributed by atoms with Crippen LogP contribution in [0.4, 0.5) is 0 Å². The second-order valence-electron chi connectivity index (χ2n) is 6.20. The van der Waals surface area contributed by atoms with Gasteiger partial charge in [0.25, 0.3) is 5.91 Å². The lowest BCUT2D eigenvalue weighted by Crippen LogP contribution is -2.38. The number of hydrogen-bond acceptors (Lipinski definition) is 4. The fourth-order valence-electron chi connectivity index (χ4n) is 3.34. The Labute approximate surface area is 140 Å². The minimum Gasteiger partial charge on any atom is -0.330 e. The van der Waals surface area contributed by atoms with Gasteiger partial charge in [0, 0.05) is 25.4 Å². The lowest BCUT2D eigenvalue weighted by molar-refractivity contribution is 0.0605. The highest BCUT2D eigenvalue weighted by molar-refractivity contribution is 5.94. The number of benzene rings is 1. The van der Waals surface area contributed by atoms with Crippen molar-refractivity contribution in [2.45, 2.75) is 25.3 Å². The molecule has 1 aliphatic rings. The predicted octanol–water partition coefficient (Wildman–Crippen LogP) is 2.73. The van der Waals surface area contributed by atoms with Crippen molar-refractivity contribution in [1.82, 2.24) is 24.6 Å². The molecule has 0 bridgehead atoms. The maximum absolute atomic E-state index is 13.0. The Balaban J connectivity index is 1.67. The smallest absolute Gasteiger partial charge is 0.274 e. The van der Waals surface area contributed by atoms with Crippen LogP contribution in [-0.4, -0.2) is 37.1 Å². The van der Waals surface area contributed by atoms with Crippen molar-refractivity contribution >= 4 is 16.9 Å². The van der Waals surface area contributed by atoms with Gasteiger partial charge in [0.2, 0.25) is 0 Å². The molecular weight excluding hydrogens is 302 g/mol. The molecule has 0 N–H and O–H groups in total. The first kappa shape index (κ1) is 14.8. The normalized spacial score (nSPS) is 18.0. The van der Waals surface area contributed by atoms with Gasteiger partial charge in [0.1, 0.15) is 5.69 Å². The molecule has 24 heavy (non-hydrogen) atoms. The van der Waals surface area contributed by atoms with E-state index < -0.39 is 0 Å². The summed E-state index contributed by atoms with van der Waals surface area (Å²) in [5.74, 6) is -0.0539. The first-order chi connectivity index (χ1) is 11.7. The zero-order valence-electron chi connectivity index (χ0n) is 13.6. The average Bonchev–Trinajstić information content (AvgIpc) is 3.07. The first-order valence-electron chi connectivity index (χ1n) is 8.24. The van der Waals surface area contributed by atoms with Crippen molar-refractivity contribution in [2.24, 2.45) is 7.05 Å². The SMILES string of the molecule is Cn1cc([C@@H]2CCCCN2C(=O)c2cnc3ccccc3n2)cn1. The summed E-state index contributed by atoms with van der Waals surface area (Å²) in [6.07, 6.45) is 8.51.